The molecule has 1 saturated heterocycles. The van der Waals surface area contributed by atoms with Crippen molar-refractivity contribution in [1.82, 2.24) is 5.32 Å². The molecule has 0 saturated carbocycles. The molecule has 0 aliphatic carbocycles. The van der Waals surface area contributed by atoms with Crippen LogP contribution in [0.2, 0.25) is 0 Å². The number of carbonyl (C=O) groups excluding carboxylic acids is 1. The van der Waals surface area contributed by atoms with E-state index in [0.29, 0.717) is 41.4 Å². The van der Waals surface area contributed by atoms with Crippen LogP contribution in [0, 0.1) is 0 Å². The lowest BCUT2D eigenvalue weighted by Gasteiger charge is -2.33. The van der Waals surface area contributed by atoms with Crippen LogP contribution in [0.5, 0.6) is 11.5 Å². The molecule has 1 heterocycles. The molecular weight excluding hydrogens is 306 g/mol. The number of ether oxygens (including phenoxy) is 2. The van der Waals surface area contributed by atoms with Crippen molar-refractivity contribution in [2.45, 2.75) is 18.4 Å². The third-order valence-corrected chi connectivity index (χ3v) is 4.75. The Morgan fingerprint density at radius 2 is 1.91 bits per heavy atom. The molecule has 1 aliphatic rings. The number of hydrogen-bond donors (Lipinski definition) is 2. The number of methoxy groups -OCH3 is 2. The predicted octanol–water partition coefficient (Wildman–Crippen LogP) is 1.78. The molecule has 120 valence electrons. The molecule has 2 N–H and O–H groups in total. The normalized spacial score (nSPS) is 16.6. The highest BCUT2D eigenvalue weighted by atomic mass is 32.2. The summed E-state index contributed by atoms with van der Waals surface area (Å²) in [6.45, 7) is 0. The highest BCUT2D eigenvalue weighted by molar-refractivity contribution is 7.99. The topological polar surface area (TPSA) is 84.9 Å². The minimum Gasteiger partial charge on any atom is -0.497 e. The summed E-state index contributed by atoms with van der Waals surface area (Å²) in [7, 11) is 2.98. The third-order valence-electron chi connectivity index (χ3n) is 3.76. The zero-order valence-corrected chi connectivity index (χ0v) is 13.4. The molecule has 0 bridgehead atoms. The summed E-state index contributed by atoms with van der Waals surface area (Å²) in [6, 6.07) is 4.81. The van der Waals surface area contributed by atoms with Crippen molar-refractivity contribution in [3.8, 4) is 11.5 Å². The number of rotatable bonds is 5. The number of carbonyl (C=O) groups is 2. The summed E-state index contributed by atoms with van der Waals surface area (Å²) in [5, 5.41) is 12.2. The highest BCUT2D eigenvalue weighted by Crippen LogP contribution is 2.29. The fourth-order valence-electron chi connectivity index (χ4n) is 2.38. The number of amides is 1. The van der Waals surface area contributed by atoms with E-state index in [1.165, 1.54) is 14.2 Å². The van der Waals surface area contributed by atoms with Gasteiger partial charge in [0.05, 0.1) is 19.8 Å². The molecule has 22 heavy (non-hydrogen) atoms. The van der Waals surface area contributed by atoms with Crippen molar-refractivity contribution in [1.29, 1.82) is 0 Å². The first-order valence-corrected chi connectivity index (χ1v) is 8.03. The summed E-state index contributed by atoms with van der Waals surface area (Å²) in [6.07, 6.45) is 0.828. The van der Waals surface area contributed by atoms with Crippen molar-refractivity contribution in [2.75, 3.05) is 25.7 Å². The average Bonchev–Trinajstić information content (AvgIpc) is 2.54. The van der Waals surface area contributed by atoms with E-state index in [2.05, 4.69) is 5.32 Å². The van der Waals surface area contributed by atoms with E-state index in [4.69, 9.17) is 9.47 Å². The Morgan fingerprint density at radius 3 is 2.45 bits per heavy atom. The van der Waals surface area contributed by atoms with Gasteiger partial charge in [-0.25, -0.2) is 4.79 Å². The summed E-state index contributed by atoms with van der Waals surface area (Å²) in [5.41, 5.74) is -0.907. The van der Waals surface area contributed by atoms with Gasteiger partial charge in [-0.1, -0.05) is 0 Å². The van der Waals surface area contributed by atoms with Gasteiger partial charge in [-0.2, -0.15) is 11.8 Å². The second-order valence-corrected chi connectivity index (χ2v) is 6.24. The molecule has 1 aromatic carbocycles. The number of benzene rings is 1. The number of carboxylic acid groups (broad SMARTS) is 1. The number of carboxylic acids is 1. The Labute approximate surface area is 133 Å². The van der Waals surface area contributed by atoms with Crippen LogP contribution in [0.4, 0.5) is 0 Å². The van der Waals surface area contributed by atoms with E-state index >= 15 is 0 Å². The molecule has 1 amide bonds. The van der Waals surface area contributed by atoms with Gasteiger partial charge in [0.2, 0.25) is 0 Å². The molecule has 0 aromatic heterocycles. The fraction of sp³-hybridized carbons (Fsp3) is 0.467. The number of nitrogens with one attached hydrogen (secondary N) is 1. The molecule has 2 rings (SSSR count). The van der Waals surface area contributed by atoms with Crippen LogP contribution in [-0.2, 0) is 4.79 Å². The molecule has 1 aliphatic heterocycles. The van der Waals surface area contributed by atoms with Gasteiger partial charge in [-0.15, -0.1) is 0 Å². The van der Waals surface area contributed by atoms with Gasteiger partial charge in [0.25, 0.3) is 5.91 Å². The van der Waals surface area contributed by atoms with Gasteiger partial charge in [-0.3, -0.25) is 4.79 Å². The largest absolute Gasteiger partial charge is 0.497 e. The lowest BCUT2D eigenvalue weighted by Crippen LogP contribution is -2.56. The lowest BCUT2D eigenvalue weighted by molar-refractivity contribution is -0.144. The summed E-state index contributed by atoms with van der Waals surface area (Å²) in [5.74, 6) is 0.902. The average molecular weight is 325 g/mol. The minimum absolute atomic E-state index is 0.294. The standard InChI is InChI=1S/C15H19NO5S/c1-20-10-3-4-11(12(9-10)21-2)13(17)16-15(14(18)19)5-7-22-8-6-15/h3-4,9H,5-8H2,1-2H3,(H,16,17)(H,18,19). The van der Waals surface area contributed by atoms with E-state index in [0.717, 1.165) is 0 Å². The smallest absolute Gasteiger partial charge is 0.329 e. The van der Waals surface area contributed by atoms with Crippen LogP contribution in [0.3, 0.4) is 0 Å². The maximum absolute atomic E-state index is 12.5. The van der Waals surface area contributed by atoms with Gasteiger partial charge in [0, 0.05) is 6.07 Å². The van der Waals surface area contributed by atoms with Crippen molar-refractivity contribution < 1.29 is 24.2 Å². The predicted molar refractivity (Wildman–Crippen MR) is 83.9 cm³/mol. The third kappa shape index (κ3) is 3.30. The van der Waals surface area contributed by atoms with Crippen LogP contribution >= 0.6 is 11.8 Å². The van der Waals surface area contributed by atoms with Gasteiger partial charge in [0.1, 0.15) is 17.0 Å². The van der Waals surface area contributed by atoms with Crippen LogP contribution < -0.4 is 14.8 Å². The molecule has 7 heteroatoms. The van der Waals surface area contributed by atoms with Crippen LogP contribution in [-0.4, -0.2) is 48.2 Å². The highest BCUT2D eigenvalue weighted by Gasteiger charge is 2.41. The minimum atomic E-state index is -1.20. The molecule has 0 spiro atoms. The van der Waals surface area contributed by atoms with Gasteiger partial charge < -0.3 is 19.9 Å². The lowest BCUT2D eigenvalue weighted by atomic mass is 9.91. The molecule has 1 aromatic rings. The molecule has 0 radical (unpaired) electrons. The van der Waals surface area contributed by atoms with E-state index in [1.54, 1.807) is 30.0 Å². The first kappa shape index (κ1) is 16.5. The molecular formula is C15H19NO5S. The molecule has 6 nitrogen and oxygen atoms in total. The fourth-order valence-corrected chi connectivity index (χ4v) is 3.57. The Kier molecular flexibility index (Phi) is 5.18. The Balaban J connectivity index is 2.25. The summed E-state index contributed by atoms with van der Waals surface area (Å²) < 4.78 is 10.3. The summed E-state index contributed by atoms with van der Waals surface area (Å²) in [4.78, 5) is 24.1. The maximum atomic E-state index is 12.5. The van der Waals surface area contributed by atoms with Crippen molar-refractivity contribution in [2.24, 2.45) is 0 Å². The second kappa shape index (κ2) is 6.91. The van der Waals surface area contributed by atoms with Crippen LogP contribution in [0.25, 0.3) is 0 Å². The van der Waals surface area contributed by atoms with E-state index < -0.39 is 17.4 Å². The van der Waals surface area contributed by atoms with Gasteiger partial charge >= 0.3 is 5.97 Å². The van der Waals surface area contributed by atoms with Crippen molar-refractivity contribution >= 4 is 23.6 Å². The SMILES string of the molecule is COc1ccc(C(=O)NC2(C(=O)O)CCSCC2)c(OC)c1. The Hall–Kier alpha value is -1.89. The van der Waals surface area contributed by atoms with Gasteiger partial charge in [-0.05, 0) is 36.5 Å². The van der Waals surface area contributed by atoms with Crippen LogP contribution in [0.1, 0.15) is 23.2 Å². The van der Waals surface area contributed by atoms with Crippen molar-refractivity contribution in [3.63, 3.8) is 0 Å². The van der Waals surface area contributed by atoms with Gasteiger partial charge in [0.15, 0.2) is 0 Å². The Morgan fingerprint density at radius 1 is 1.23 bits per heavy atom. The molecule has 1 fully saturated rings. The number of thioether (sulfide) groups is 1. The quantitative estimate of drug-likeness (QED) is 0.858. The number of hydrogen-bond acceptors (Lipinski definition) is 5. The number of aliphatic carboxylic acids is 1. The monoisotopic (exact) mass is 325 g/mol. The molecule has 0 atom stereocenters. The van der Waals surface area contributed by atoms with Crippen LogP contribution in [0.15, 0.2) is 18.2 Å². The zero-order valence-electron chi connectivity index (χ0n) is 12.5. The maximum Gasteiger partial charge on any atom is 0.329 e. The zero-order chi connectivity index (χ0) is 16.2. The van der Waals surface area contributed by atoms with E-state index in [9.17, 15) is 14.7 Å². The van der Waals surface area contributed by atoms with Crippen molar-refractivity contribution in [3.05, 3.63) is 23.8 Å². The second-order valence-electron chi connectivity index (χ2n) is 5.02. The molecule has 0 unspecified atom stereocenters. The van der Waals surface area contributed by atoms with E-state index in [1.807, 2.05) is 0 Å². The first-order chi connectivity index (χ1) is 10.5. The van der Waals surface area contributed by atoms with E-state index in [-0.39, 0.29) is 0 Å². The first-order valence-electron chi connectivity index (χ1n) is 6.88. The Bertz CT molecular complexity index is 569. The summed E-state index contributed by atoms with van der Waals surface area (Å²) >= 11 is 1.69.